The van der Waals surface area contributed by atoms with Gasteiger partial charge in [0, 0.05) is 6.61 Å². The Kier molecular flexibility index (Phi) is 5.87. The number of hydrogen-bond donors (Lipinski definition) is 0. The third-order valence-corrected chi connectivity index (χ3v) is 5.48. The first-order valence-electron chi connectivity index (χ1n) is 4.69. The van der Waals surface area contributed by atoms with Gasteiger partial charge in [-0.25, -0.2) is 0 Å². The molecule has 0 saturated heterocycles. The van der Waals surface area contributed by atoms with Crippen molar-refractivity contribution < 1.29 is 4.43 Å². The summed E-state index contributed by atoms with van der Waals surface area (Å²) >= 11 is 0. The first-order chi connectivity index (χ1) is 5.07. The van der Waals surface area contributed by atoms with Crippen LogP contribution in [0.5, 0.6) is 0 Å². The van der Waals surface area contributed by atoms with E-state index in [9.17, 15) is 0 Å². The summed E-state index contributed by atoms with van der Waals surface area (Å²) in [6.07, 6.45) is 0. The topological polar surface area (TPSA) is 9.23 Å². The molecule has 0 bridgehead atoms. The van der Waals surface area contributed by atoms with Gasteiger partial charge in [-0.3, -0.25) is 0 Å². The van der Waals surface area contributed by atoms with Crippen molar-refractivity contribution in [1.29, 1.82) is 0 Å². The van der Waals surface area contributed by atoms with Crippen molar-refractivity contribution in [1.82, 2.24) is 0 Å². The Morgan fingerprint density at radius 1 is 1.18 bits per heavy atom. The maximum atomic E-state index is 5.75. The second-order valence-corrected chi connectivity index (χ2v) is 7.08. The van der Waals surface area contributed by atoms with Gasteiger partial charge in [0.25, 0.3) is 0 Å². The summed E-state index contributed by atoms with van der Waals surface area (Å²) in [4.78, 5) is 0. The first-order valence-corrected chi connectivity index (χ1v) is 6.65. The van der Waals surface area contributed by atoms with Crippen LogP contribution in [0.15, 0.2) is 0 Å². The van der Waals surface area contributed by atoms with E-state index in [1.807, 2.05) is 0 Å². The highest BCUT2D eigenvalue weighted by molar-refractivity contribution is 6.53. The minimum Gasteiger partial charge on any atom is -0.420 e. The van der Waals surface area contributed by atoms with Crippen LogP contribution in [0.25, 0.3) is 0 Å². The molecule has 0 aromatic heterocycles. The Morgan fingerprint density at radius 2 is 1.73 bits per heavy atom. The zero-order valence-corrected chi connectivity index (χ0v) is 9.71. The van der Waals surface area contributed by atoms with Crippen LogP contribution in [-0.4, -0.2) is 15.6 Å². The van der Waals surface area contributed by atoms with Gasteiger partial charge in [-0.1, -0.05) is 27.7 Å². The molecule has 1 unspecified atom stereocenters. The van der Waals surface area contributed by atoms with Gasteiger partial charge < -0.3 is 4.43 Å². The monoisotopic (exact) mass is 174 g/mol. The highest BCUT2D eigenvalue weighted by atomic mass is 28.3. The van der Waals surface area contributed by atoms with Gasteiger partial charge in [-0.2, -0.15) is 0 Å². The standard InChI is InChI=1S/C9H22OSi/c1-6-10-11(9(4)5)7-8(2)3/h8-9,11H,6-7H2,1-5H3. The number of rotatable bonds is 5. The quantitative estimate of drug-likeness (QED) is 0.582. The predicted molar refractivity (Wildman–Crippen MR) is 53.5 cm³/mol. The highest BCUT2D eigenvalue weighted by Crippen LogP contribution is 2.17. The highest BCUT2D eigenvalue weighted by Gasteiger charge is 2.16. The predicted octanol–water partition coefficient (Wildman–Crippen LogP) is 2.81. The van der Waals surface area contributed by atoms with E-state index in [1.165, 1.54) is 6.04 Å². The summed E-state index contributed by atoms with van der Waals surface area (Å²) in [5, 5.41) is 0. The maximum absolute atomic E-state index is 5.75. The largest absolute Gasteiger partial charge is 0.420 e. The lowest BCUT2D eigenvalue weighted by Crippen LogP contribution is -2.23. The van der Waals surface area contributed by atoms with Crippen LogP contribution in [0.4, 0.5) is 0 Å². The molecular formula is C9H22OSi. The summed E-state index contributed by atoms with van der Waals surface area (Å²) in [5.74, 6) is 0.806. The second-order valence-electron chi connectivity index (χ2n) is 3.87. The van der Waals surface area contributed by atoms with Crippen LogP contribution in [-0.2, 0) is 4.43 Å². The molecule has 0 aliphatic rings. The Morgan fingerprint density at radius 3 is 2.00 bits per heavy atom. The van der Waals surface area contributed by atoms with Gasteiger partial charge in [-0.05, 0) is 24.4 Å². The van der Waals surface area contributed by atoms with Crippen molar-refractivity contribution in [2.24, 2.45) is 5.92 Å². The molecule has 0 aromatic rings. The lowest BCUT2D eigenvalue weighted by atomic mass is 10.3. The smallest absolute Gasteiger partial charge is 0.179 e. The molecule has 0 amide bonds. The summed E-state index contributed by atoms with van der Waals surface area (Å²) in [5.41, 5.74) is 0.789. The summed E-state index contributed by atoms with van der Waals surface area (Å²) in [6.45, 7) is 12.1. The van der Waals surface area contributed by atoms with Crippen molar-refractivity contribution in [2.45, 2.75) is 46.2 Å². The molecular weight excluding hydrogens is 152 g/mol. The van der Waals surface area contributed by atoms with E-state index in [1.54, 1.807) is 0 Å². The van der Waals surface area contributed by atoms with Crippen LogP contribution >= 0.6 is 0 Å². The molecule has 0 N–H and O–H groups in total. The zero-order valence-electron chi connectivity index (χ0n) is 8.55. The van der Waals surface area contributed by atoms with Gasteiger partial charge in [-0.15, -0.1) is 0 Å². The third-order valence-electron chi connectivity index (χ3n) is 1.83. The molecule has 0 aliphatic heterocycles. The van der Waals surface area contributed by atoms with E-state index in [0.717, 1.165) is 18.1 Å². The van der Waals surface area contributed by atoms with E-state index < -0.39 is 9.04 Å². The van der Waals surface area contributed by atoms with Crippen LogP contribution in [0.1, 0.15) is 34.6 Å². The molecule has 0 heterocycles. The summed E-state index contributed by atoms with van der Waals surface area (Å²) in [6, 6.07) is 1.32. The fourth-order valence-electron chi connectivity index (χ4n) is 1.21. The molecule has 0 radical (unpaired) electrons. The molecule has 68 valence electrons. The fourth-order valence-corrected chi connectivity index (χ4v) is 3.63. The molecule has 0 spiro atoms. The first kappa shape index (κ1) is 11.2. The molecule has 11 heavy (non-hydrogen) atoms. The summed E-state index contributed by atoms with van der Waals surface area (Å²) in [7, 11) is -0.865. The average molecular weight is 174 g/mol. The van der Waals surface area contributed by atoms with Crippen LogP contribution in [0, 0.1) is 5.92 Å². The average Bonchev–Trinajstić information content (AvgIpc) is 1.86. The lowest BCUT2D eigenvalue weighted by Gasteiger charge is -2.20. The molecule has 0 saturated carbocycles. The van der Waals surface area contributed by atoms with Crippen molar-refractivity contribution in [2.75, 3.05) is 6.61 Å². The van der Waals surface area contributed by atoms with Gasteiger partial charge in [0.1, 0.15) is 0 Å². The van der Waals surface area contributed by atoms with E-state index in [2.05, 4.69) is 34.6 Å². The van der Waals surface area contributed by atoms with Gasteiger partial charge >= 0.3 is 0 Å². The maximum Gasteiger partial charge on any atom is 0.179 e. The van der Waals surface area contributed by atoms with Crippen LogP contribution in [0.2, 0.25) is 11.6 Å². The van der Waals surface area contributed by atoms with E-state index in [4.69, 9.17) is 4.43 Å². The molecule has 0 aromatic carbocycles. The Labute approximate surface area is 72.9 Å². The fraction of sp³-hybridized carbons (Fsp3) is 1.00. The minimum absolute atomic E-state index is 0.789. The van der Waals surface area contributed by atoms with Gasteiger partial charge in [0.2, 0.25) is 0 Å². The summed E-state index contributed by atoms with van der Waals surface area (Å²) < 4.78 is 5.75. The zero-order chi connectivity index (χ0) is 8.85. The van der Waals surface area contributed by atoms with Crippen LogP contribution in [0.3, 0.4) is 0 Å². The van der Waals surface area contributed by atoms with Crippen molar-refractivity contribution >= 4 is 9.04 Å². The minimum atomic E-state index is -0.865. The molecule has 0 fully saturated rings. The van der Waals surface area contributed by atoms with E-state index in [-0.39, 0.29) is 0 Å². The SMILES string of the molecule is CCO[SiH](CC(C)C)C(C)C. The van der Waals surface area contributed by atoms with Gasteiger partial charge in [0.05, 0.1) is 0 Å². The van der Waals surface area contributed by atoms with Crippen molar-refractivity contribution in [3.8, 4) is 0 Å². The third kappa shape index (κ3) is 5.45. The normalized spacial score (nSPS) is 14.5. The molecule has 1 atom stereocenters. The molecule has 2 heteroatoms. The Bertz CT molecular complexity index is 91.6. The Hall–Kier alpha value is 0.177. The number of hydrogen-bond acceptors (Lipinski definition) is 1. The molecule has 0 rings (SSSR count). The van der Waals surface area contributed by atoms with E-state index in [0.29, 0.717) is 0 Å². The lowest BCUT2D eigenvalue weighted by molar-refractivity contribution is 0.331. The van der Waals surface area contributed by atoms with E-state index >= 15 is 0 Å². The molecule has 0 aliphatic carbocycles. The van der Waals surface area contributed by atoms with Crippen LogP contribution < -0.4 is 0 Å². The van der Waals surface area contributed by atoms with Crippen molar-refractivity contribution in [3.63, 3.8) is 0 Å². The van der Waals surface area contributed by atoms with Gasteiger partial charge in [0.15, 0.2) is 9.04 Å². The second kappa shape index (κ2) is 5.78. The Balaban J connectivity index is 3.69. The molecule has 1 nitrogen and oxygen atoms in total. The van der Waals surface area contributed by atoms with Crippen molar-refractivity contribution in [3.05, 3.63) is 0 Å².